The van der Waals surface area contributed by atoms with Crippen molar-refractivity contribution in [2.24, 2.45) is 0 Å². The molecule has 0 fully saturated rings. The minimum Gasteiger partial charge on any atom is -0.387 e. The third-order valence-electron chi connectivity index (χ3n) is 8.75. The zero-order valence-corrected chi connectivity index (χ0v) is 37.0. The Kier molecular flexibility index (Phi) is 36.2. The summed E-state index contributed by atoms with van der Waals surface area (Å²) in [5, 5.41) is 13.7. The van der Waals surface area contributed by atoms with Crippen molar-refractivity contribution in [3.63, 3.8) is 0 Å². The molecule has 1 amide bonds. The number of carbonyl (C=O) groups excluding carboxylic acids is 1. The van der Waals surface area contributed by atoms with E-state index in [1.807, 2.05) is 27.2 Å². The van der Waals surface area contributed by atoms with Gasteiger partial charge in [0.25, 0.3) is 0 Å². The molecule has 0 aliphatic carbocycles. The first-order valence-electron chi connectivity index (χ1n) is 21.6. The van der Waals surface area contributed by atoms with Crippen LogP contribution in [0.1, 0.15) is 142 Å². The summed E-state index contributed by atoms with van der Waals surface area (Å²) < 4.78 is 23.5. The third kappa shape index (κ3) is 39.6. The van der Waals surface area contributed by atoms with Gasteiger partial charge in [-0.3, -0.25) is 13.8 Å². The Morgan fingerprint density at radius 2 is 1.09 bits per heavy atom. The average Bonchev–Trinajstić information content (AvgIpc) is 3.15. The minimum absolute atomic E-state index is 0.0452. The molecule has 0 radical (unpaired) electrons. The number of aliphatic hydroxyl groups excluding tert-OH is 1. The molecule has 0 aliphatic rings. The Morgan fingerprint density at radius 1 is 0.625 bits per heavy atom. The normalized spacial score (nSPS) is 15.3. The number of allylic oxidation sites excluding steroid dienone is 15. The van der Waals surface area contributed by atoms with E-state index < -0.39 is 20.0 Å². The number of unbranched alkanes of at least 4 members (excludes halogenated alkanes) is 10. The Labute approximate surface area is 343 Å². The number of likely N-dealkylation sites (N-methyl/N-ethyl adjacent to an activating group) is 1. The molecule has 320 valence electrons. The number of nitrogens with zero attached hydrogens (tertiary/aromatic N) is 1. The van der Waals surface area contributed by atoms with Gasteiger partial charge in [-0.05, 0) is 83.5 Å². The number of aliphatic hydroxyl groups is 1. The van der Waals surface area contributed by atoms with E-state index in [-0.39, 0.29) is 19.1 Å². The number of carbonyl (C=O) groups is 1. The Bertz CT molecular complexity index is 1230. The summed E-state index contributed by atoms with van der Waals surface area (Å²) in [6, 6.07) is -0.880. The summed E-state index contributed by atoms with van der Waals surface area (Å²) >= 11 is 0. The monoisotopic (exact) mass is 802 g/mol. The van der Waals surface area contributed by atoms with Crippen molar-refractivity contribution in [3.8, 4) is 0 Å². The SMILES string of the molecule is CC/C=C\C/C=C\C/C=C\C/C=C\C/C=C\CCCCCCCCCC(=O)NC(COP(=O)(O)OCC[N+](C)(C)C)C(O)/C=C/CC/C=C/CC/C=C/CCC. The Hall–Kier alpha value is -2.58. The molecule has 0 saturated carbocycles. The van der Waals surface area contributed by atoms with Crippen molar-refractivity contribution in [3.05, 3.63) is 97.2 Å². The highest BCUT2D eigenvalue weighted by Crippen LogP contribution is 2.43. The van der Waals surface area contributed by atoms with Gasteiger partial charge < -0.3 is 19.8 Å². The number of phosphoric acid groups is 1. The highest BCUT2D eigenvalue weighted by molar-refractivity contribution is 7.47. The lowest BCUT2D eigenvalue weighted by Gasteiger charge is -2.25. The van der Waals surface area contributed by atoms with Gasteiger partial charge in [0.15, 0.2) is 0 Å². The van der Waals surface area contributed by atoms with Crippen LogP contribution in [0.25, 0.3) is 0 Å². The predicted molar refractivity (Wildman–Crippen MR) is 239 cm³/mol. The minimum atomic E-state index is -4.35. The van der Waals surface area contributed by atoms with Crippen molar-refractivity contribution >= 4 is 13.7 Å². The quantitative estimate of drug-likeness (QED) is 0.0250. The fraction of sp³-hybridized carbons (Fsp3) is 0.638. The van der Waals surface area contributed by atoms with Crippen LogP contribution in [0, 0.1) is 0 Å². The first kappa shape index (κ1) is 53.4. The molecular formula is C47H82N2O6P+. The van der Waals surface area contributed by atoms with Crippen LogP contribution in [0.2, 0.25) is 0 Å². The molecule has 0 rings (SSSR count). The lowest BCUT2D eigenvalue weighted by molar-refractivity contribution is -0.870. The largest absolute Gasteiger partial charge is 0.472 e. The second-order valence-electron chi connectivity index (χ2n) is 15.3. The maximum absolute atomic E-state index is 12.8. The van der Waals surface area contributed by atoms with E-state index in [2.05, 4.69) is 104 Å². The summed E-state index contributed by atoms with van der Waals surface area (Å²) in [6.07, 6.45) is 53.4. The zero-order chi connectivity index (χ0) is 41.4. The molecule has 3 N–H and O–H groups in total. The van der Waals surface area contributed by atoms with E-state index in [4.69, 9.17) is 9.05 Å². The van der Waals surface area contributed by atoms with E-state index in [0.717, 1.165) is 96.3 Å². The molecule has 0 aromatic carbocycles. The van der Waals surface area contributed by atoms with E-state index in [0.29, 0.717) is 17.4 Å². The molecule has 0 saturated heterocycles. The van der Waals surface area contributed by atoms with E-state index in [1.54, 1.807) is 6.08 Å². The molecule has 0 aromatic rings. The van der Waals surface area contributed by atoms with E-state index in [9.17, 15) is 19.4 Å². The average molecular weight is 802 g/mol. The summed E-state index contributed by atoms with van der Waals surface area (Å²) in [6.45, 7) is 4.55. The molecule has 0 heterocycles. The molecule has 3 unspecified atom stereocenters. The first-order chi connectivity index (χ1) is 27.0. The van der Waals surface area contributed by atoms with Gasteiger partial charge in [0, 0.05) is 6.42 Å². The maximum Gasteiger partial charge on any atom is 0.472 e. The molecule has 0 aliphatic heterocycles. The van der Waals surface area contributed by atoms with Gasteiger partial charge in [-0.1, -0.05) is 150 Å². The third-order valence-corrected chi connectivity index (χ3v) is 9.73. The van der Waals surface area contributed by atoms with E-state index >= 15 is 0 Å². The number of amides is 1. The fourth-order valence-electron chi connectivity index (χ4n) is 5.34. The van der Waals surface area contributed by atoms with Crippen LogP contribution in [0.3, 0.4) is 0 Å². The van der Waals surface area contributed by atoms with Crippen LogP contribution in [0.5, 0.6) is 0 Å². The standard InChI is InChI=1S/C47H81N2O6P/c1-6-8-10-12-14-16-18-19-20-21-22-23-24-25-26-27-28-29-31-33-35-37-39-41-47(51)48-45(44-55-56(52,53)54-43-42-49(3,4)5)46(50)40-38-36-34-32-30-17-15-13-11-9-7-2/h8,10-11,13-14,16,19-20,22-23,25-26,30,32,38,40,45-46,50H,6-7,9,12,15,17-18,21,24,27-29,31,33-37,39,41-44H2,1-5H3,(H-,48,51,52,53)/p+1/b10-8-,13-11+,16-14-,20-19-,23-22-,26-25-,32-30+,40-38+. The number of phosphoric ester groups is 1. The fourth-order valence-corrected chi connectivity index (χ4v) is 6.08. The lowest BCUT2D eigenvalue weighted by atomic mass is 10.1. The number of nitrogens with one attached hydrogen (secondary N) is 1. The highest BCUT2D eigenvalue weighted by atomic mass is 31.2. The predicted octanol–water partition coefficient (Wildman–Crippen LogP) is 12.0. The smallest absolute Gasteiger partial charge is 0.387 e. The van der Waals surface area contributed by atoms with Crippen molar-refractivity contribution < 1.29 is 32.9 Å². The van der Waals surface area contributed by atoms with Crippen molar-refractivity contribution in [2.75, 3.05) is 40.9 Å². The van der Waals surface area contributed by atoms with Crippen molar-refractivity contribution in [2.45, 2.75) is 154 Å². The molecule has 3 atom stereocenters. The number of hydrogen-bond acceptors (Lipinski definition) is 5. The number of rotatable bonds is 37. The van der Waals surface area contributed by atoms with Gasteiger partial charge in [-0.25, -0.2) is 4.57 Å². The Balaban J connectivity index is 4.42. The van der Waals surface area contributed by atoms with Crippen LogP contribution in [-0.4, -0.2) is 73.4 Å². The molecule has 9 heteroatoms. The van der Waals surface area contributed by atoms with Crippen molar-refractivity contribution in [1.82, 2.24) is 5.32 Å². The summed E-state index contributed by atoms with van der Waals surface area (Å²) in [5.41, 5.74) is 0. The summed E-state index contributed by atoms with van der Waals surface area (Å²) in [4.78, 5) is 23.1. The molecule has 0 aromatic heterocycles. The van der Waals surface area contributed by atoms with Crippen LogP contribution >= 0.6 is 7.82 Å². The van der Waals surface area contributed by atoms with Crippen molar-refractivity contribution in [1.29, 1.82) is 0 Å². The Morgan fingerprint density at radius 3 is 1.62 bits per heavy atom. The highest BCUT2D eigenvalue weighted by Gasteiger charge is 2.27. The molecule has 0 bridgehead atoms. The molecule has 8 nitrogen and oxygen atoms in total. The topological polar surface area (TPSA) is 105 Å². The second-order valence-corrected chi connectivity index (χ2v) is 16.8. The van der Waals surface area contributed by atoms with Crippen LogP contribution in [0.4, 0.5) is 0 Å². The number of quaternary nitrogens is 1. The first-order valence-corrected chi connectivity index (χ1v) is 23.1. The van der Waals surface area contributed by atoms with Gasteiger partial charge in [0.1, 0.15) is 13.2 Å². The van der Waals surface area contributed by atoms with Crippen LogP contribution < -0.4 is 5.32 Å². The van der Waals surface area contributed by atoms with Gasteiger partial charge in [-0.2, -0.15) is 0 Å². The number of hydrogen-bond donors (Lipinski definition) is 3. The van der Waals surface area contributed by atoms with Gasteiger partial charge in [0.2, 0.25) is 5.91 Å². The zero-order valence-electron chi connectivity index (χ0n) is 36.1. The van der Waals surface area contributed by atoms with Crippen LogP contribution in [0.15, 0.2) is 97.2 Å². The van der Waals surface area contributed by atoms with E-state index in [1.165, 1.54) is 25.7 Å². The summed E-state index contributed by atoms with van der Waals surface area (Å²) in [5.74, 6) is -0.210. The summed E-state index contributed by atoms with van der Waals surface area (Å²) in [7, 11) is 1.52. The molecule has 56 heavy (non-hydrogen) atoms. The molecule has 0 spiro atoms. The van der Waals surface area contributed by atoms with Gasteiger partial charge in [0.05, 0.1) is 39.9 Å². The maximum atomic E-state index is 12.8. The lowest BCUT2D eigenvalue weighted by Crippen LogP contribution is -2.45. The van der Waals surface area contributed by atoms with Crippen LogP contribution in [-0.2, 0) is 18.4 Å². The second kappa shape index (κ2) is 38.0. The van der Waals surface area contributed by atoms with Gasteiger partial charge >= 0.3 is 7.82 Å². The molecular weight excluding hydrogens is 719 g/mol. The van der Waals surface area contributed by atoms with Gasteiger partial charge in [-0.15, -0.1) is 0 Å².